The molecule has 5 heteroatoms. The molecule has 18 heavy (non-hydrogen) atoms. The van der Waals surface area contributed by atoms with Gasteiger partial charge in [-0.2, -0.15) is 0 Å². The van der Waals surface area contributed by atoms with E-state index in [1.165, 1.54) is 16.8 Å². The Morgan fingerprint density at radius 3 is 2.50 bits per heavy atom. The third-order valence-corrected chi connectivity index (χ3v) is 2.86. The van der Waals surface area contributed by atoms with Crippen LogP contribution >= 0.6 is 0 Å². The summed E-state index contributed by atoms with van der Waals surface area (Å²) in [4.78, 5) is 22.7. The van der Waals surface area contributed by atoms with Crippen LogP contribution in [0.1, 0.15) is 38.9 Å². The van der Waals surface area contributed by atoms with Crippen LogP contribution < -0.4 is 5.43 Å². The van der Waals surface area contributed by atoms with Crippen LogP contribution in [0.3, 0.4) is 0 Å². The van der Waals surface area contributed by atoms with Gasteiger partial charge in [0, 0.05) is 12.3 Å². The van der Waals surface area contributed by atoms with Gasteiger partial charge in [-0.3, -0.25) is 4.79 Å². The average molecular weight is 253 g/mol. The summed E-state index contributed by atoms with van der Waals surface area (Å²) in [7, 11) is 0. The topological polar surface area (TPSA) is 79.5 Å². The van der Waals surface area contributed by atoms with Gasteiger partial charge in [0.25, 0.3) is 0 Å². The molecule has 0 spiro atoms. The third kappa shape index (κ3) is 2.91. The number of carboxylic acid groups (broad SMARTS) is 1. The maximum absolute atomic E-state index is 11.4. The molecular weight excluding hydrogens is 234 g/mol. The van der Waals surface area contributed by atoms with E-state index in [-0.39, 0.29) is 11.7 Å². The molecule has 1 aromatic rings. The summed E-state index contributed by atoms with van der Waals surface area (Å²) in [5.74, 6) is -1.10. The van der Waals surface area contributed by atoms with Gasteiger partial charge in [0.1, 0.15) is 6.04 Å². The van der Waals surface area contributed by atoms with E-state index in [1.807, 2.05) is 13.8 Å². The molecule has 0 fully saturated rings. The van der Waals surface area contributed by atoms with Crippen LogP contribution in [-0.4, -0.2) is 20.7 Å². The maximum Gasteiger partial charge on any atom is 0.326 e. The summed E-state index contributed by atoms with van der Waals surface area (Å²) in [6, 6.07) is 0.441. The Balaban J connectivity index is 3.32. The van der Waals surface area contributed by atoms with Crippen LogP contribution in [0.2, 0.25) is 0 Å². The molecule has 0 aliphatic rings. The van der Waals surface area contributed by atoms with Crippen LogP contribution in [0.15, 0.2) is 17.1 Å². The van der Waals surface area contributed by atoms with Crippen LogP contribution in [0.25, 0.3) is 0 Å². The summed E-state index contributed by atoms with van der Waals surface area (Å²) in [5, 5.41) is 19.0. The summed E-state index contributed by atoms with van der Waals surface area (Å²) in [6.45, 7) is 5.65. The van der Waals surface area contributed by atoms with E-state index in [2.05, 4.69) is 0 Å². The molecule has 2 N–H and O–H groups in total. The van der Waals surface area contributed by atoms with Crippen LogP contribution in [0, 0.1) is 5.92 Å². The Morgan fingerprint density at radius 1 is 1.44 bits per heavy atom. The largest absolute Gasteiger partial charge is 0.503 e. The SMILES string of the molecule is CCc1c(O)c(=O)ccn1C(CC(C)C)C(=O)O. The van der Waals surface area contributed by atoms with Crippen molar-refractivity contribution in [2.75, 3.05) is 0 Å². The van der Waals surface area contributed by atoms with Crippen LogP contribution in [0.4, 0.5) is 0 Å². The molecule has 0 radical (unpaired) electrons. The van der Waals surface area contributed by atoms with Crippen molar-refractivity contribution in [2.24, 2.45) is 5.92 Å². The molecule has 1 rings (SSSR count). The Bertz CT molecular complexity index is 490. The van der Waals surface area contributed by atoms with Gasteiger partial charge in [0.2, 0.25) is 5.43 Å². The number of aliphatic carboxylic acids is 1. The van der Waals surface area contributed by atoms with Crippen molar-refractivity contribution in [2.45, 2.75) is 39.7 Å². The van der Waals surface area contributed by atoms with Crippen molar-refractivity contribution in [3.63, 3.8) is 0 Å². The number of pyridine rings is 1. The standard InChI is InChI=1S/C13H19NO4/c1-4-9-12(16)11(15)5-6-14(9)10(13(17)18)7-8(2)3/h5-6,8,10,16H,4,7H2,1-3H3,(H,17,18). The molecule has 100 valence electrons. The molecule has 5 nitrogen and oxygen atoms in total. The fourth-order valence-electron chi connectivity index (χ4n) is 2.00. The average Bonchev–Trinajstić information content (AvgIpc) is 2.29. The van der Waals surface area contributed by atoms with E-state index in [0.29, 0.717) is 18.5 Å². The van der Waals surface area contributed by atoms with Gasteiger partial charge < -0.3 is 14.8 Å². The first-order valence-electron chi connectivity index (χ1n) is 6.04. The van der Waals surface area contributed by atoms with E-state index < -0.39 is 17.4 Å². The monoisotopic (exact) mass is 253 g/mol. The molecule has 0 aliphatic heterocycles. The molecule has 1 heterocycles. The Kier molecular flexibility index (Phi) is 4.53. The van der Waals surface area contributed by atoms with Gasteiger partial charge in [0.15, 0.2) is 5.75 Å². The van der Waals surface area contributed by atoms with Gasteiger partial charge in [-0.05, 0) is 18.8 Å². The van der Waals surface area contributed by atoms with Crippen molar-refractivity contribution in [1.82, 2.24) is 4.57 Å². The van der Waals surface area contributed by atoms with Gasteiger partial charge in [0.05, 0.1) is 5.69 Å². The number of carboxylic acids is 1. The number of hydrogen-bond donors (Lipinski definition) is 2. The number of carbonyl (C=O) groups is 1. The maximum atomic E-state index is 11.4. The zero-order valence-electron chi connectivity index (χ0n) is 10.9. The second-order valence-electron chi connectivity index (χ2n) is 4.72. The molecule has 1 aromatic heterocycles. The Morgan fingerprint density at radius 2 is 2.06 bits per heavy atom. The predicted octanol–water partition coefficient (Wildman–Crippen LogP) is 1.79. The minimum absolute atomic E-state index is 0.206. The molecule has 0 amide bonds. The van der Waals surface area contributed by atoms with E-state index in [9.17, 15) is 19.8 Å². The lowest BCUT2D eigenvalue weighted by molar-refractivity contribution is -0.141. The highest BCUT2D eigenvalue weighted by molar-refractivity contribution is 5.72. The van der Waals surface area contributed by atoms with Crippen molar-refractivity contribution < 1.29 is 15.0 Å². The van der Waals surface area contributed by atoms with Gasteiger partial charge in [-0.25, -0.2) is 4.79 Å². The second kappa shape index (κ2) is 5.71. The minimum Gasteiger partial charge on any atom is -0.503 e. The molecule has 1 unspecified atom stereocenters. The first-order chi connectivity index (χ1) is 8.38. The molecule has 0 aromatic carbocycles. The van der Waals surface area contributed by atoms with E-state index in [0.717, 1.165) is 0 Å². The molecule has 0 bridgehead atoms. The summed E-state index contributed by atoms with van der Waals surface area (Å²) in [6.07, 6.45) is 2.30. The number of aromatic nitrogens is 1. The first kappa shape index (κ1) is 14.3. The van der Waals surface area contributed by atoms with E-state index >= 15 is 0 Å². The van der Waals surface area contributed by atoms with Gasteiger partial charge in [-0.15, -0.1) is 0 Å². The predicted molar refractivity (Wildman–Crippen MR) is 67.9 cm³/mol. The first-order valence-corrected chi connectivity index (χ1v) is 6.04. The van der Waals surface area contributed by atoms with Crippen molar-refractivity contribution in [1.29, 1.82) is 0 Å². The second-order valence-corrected chi connectivity index (χ2v) is 4.72. The summed E-state index contributed by atoms with van der Waals surface area (Å²) in [5.41, 5.74) is -0.104. The fourth-order valence-corrected chi connectivity index (χ4v) is 2.00. The lowest BCUT2D eigenvalue weighted by Crippen LogP contribution is -2.25. The molecule has 0 saturated carbocycles. The van der Waals surface area contributed by atoms with Crippen molar-refractivity contribution >= 4 is 5.97 Å². The molecule has 0 saturated heterocycles. The van der Waals surface area contributed by atoms with Crippen molar-refractivity contribution in [3.8, 4) is 5.75 Å². The zero-order chi connectivity index (χ0) is 13.9. The lowest BCUT2D eigenvalue weighted by Gasteiger charge is -2.22. The quantitative estimate of drug-likeness (QED) is 0.838. The van der Waals surface area contributed by atoms with Crippen LogP contribution in [-0.2, 0) is 11.2 Å². The molecule has 0 aliphatic carbocycles. The Labute approximate surface area is 106 Å². The number of rotatable bonds is 5. The minimum atomic E-state index is -0.957. The number of aromatic hydroxyl groups is 1. The third-order valence-electron chi connectivity index (χ3n) is 2.86. The highest BCUT2D eigenvalue weighted by Crippen LogP contribution is 2.23. The normalized spacial score (nSPS) is 12.7. The van der Waals surface area contributed by atoms with Crippen molar-refractivity contribution in [3.05, 3.63) is 28.2 Å². The smallest absolute Gasteiger partial charge is 0.326 e. The van der Waals surface area contributed by atoms with E-state index in [4.69, 9.17) is 0 Å². The number of nitrogens with zero attached hydrogens (tertiary/aromatic N) is 1. The highest BCUT2D eigenvalue weighted by Gasteiger charge is 2.23. The lowest BCUT2D eigenvalue weighted by atomic mass is 10.0. The zero-order valence-corrected chi connectivity index (χ0v) is 10.9. The van der Waals surface area contributed by atoms with Gasteiger partial charge >= 0.3 is 5.97 Å². The molecular formula is C13H19NO4. The summed E-state index contributed by atoms with van der Waals surface area (Å²) < 4.78 is 1.49. The molecule has 1 atom stereocenters. The number of hydrogen-bond acceptors (Lipinski definition) is 3. The fraction of sp³-hybridized carbons (Fsp3) is 0.538. The van der Waals surface area contributed by atoms with Gasteiger partial charge in [-0.1, -0.05) is 20.8 Å². The summed E-state index contributed by atoms with van der Waals surface area (Å²) >= 11 is 0. The van der Waals surface area contributed by atoms with E-state index in [1.54, 1.807) is 6.92 Å². The van der Waals surface area contributed by atoms with Crippen LogP contribution in [0.5, 0.6) is 5.75 Å². The highest BCUT2D eigenvalue weighted by atomic mass is 16.4. The Hall–Kier alpha value is -1.78.